The lowest BCUT2D eigenvalue weighted by molar-refractivity contribution is -0.147. The second-order valence-electron chi connectivity index (χ2n) is 3.01. The maximum Gasteiger partial charge on any atom is 0.305 e. The number of epoxide rings is 1. The highest BCUT2D eigenvalue weighted by Crippen LogP contribution is 2.15. The number of carbonyl (C=O) groups is 1. The van der Waals surface area contributed by atoms with Crippen molar-refractivity contribution in [3.05, 3.63) is 0 Å². The van der Waals surface area contributed by atoms with E-state index in [-0.39, 0.29) is 25.3 Å². The van der Waals surface area contributed by atoms with Gasteiger partial charge >= 0.3 is 5.97 Å². The van der Waals surface area contributed by atoms with Crippen molar-refractivity contribution in [2.24, 2.45) is 0 Å². The molecule has 2 N–H and O–H groups in total. The molecule has 1 fully saturated rings. The summed E-state index contributed by atoms with van der Waals surface area (Å²) in [6.07, 6.45) is 0.230. The lowest BCUT2D eigenvalue weighted by Gasteiger charge is -2.07. The van der Waals surface area contributed by atoms with Gasteiger partial charge in [-0.2, -0.15) is 0 Å². The lowest BCUT2D eigenvalue weighted by Crippen LogP contribution is -2.21. The van der Waals surface area contributed by atoms with Crippen molar-refractivity contribution < 1.29 is 24.5 Å². The second kappa shape index (κ2) is 5.16. The Hall–Kier alpha value is -0.650. The number of carbonyl (C=O) groups excluding carboxylic acids is 1. The Morgan fingerprint density at radius 1 is 1.69 bits per heavy atom. The highest BCUT2D eigenvalue weighted by molar-refractivity contribution is 5.69. The summed E-state index contributed by atoms with van der Waals surface area (Å²) in [6.45, 7) is 0.201. The lowest BCUT2D eigenvalue weighted by atomic mass is 10.2. The van der Waals surface area contributed by atoms with Crippen molar-refractivity contribution in [1.29, 1.82) is 0 Å². The predicted octanol–water partition coefficient (Wildman–Crippen LogP) is -0.938. The van der Waals surface area contributed by atoms with Gasteiger partial charge in [0, 0.05) is 6.42 Å². The van der Waals surface area contributed by atoms with E-state index in [0.717, 1.165) is 6.61 Å². The fourth-order valence-electron chi connectivity index (χ4n) is 0.828. The standard InChI is InChI=1S/C8H14O5/c9-3-6(10)4-13-8(11)2-1-7-5-12-7/h6-7,9-10H,1-5H2. The molecule has 0 radical (unpaired) electrons. The summed E-state index contributed by atoms with van der Waals surface area (Å²) >= 11 is 0. The summed E-state index contributed by atoms with van der Waals surface area (Å²) < 4.78 is 9.58. The third-order valence-corrected chi connectivity index (χ3v) is 1.72. The van der Waals surface area contributed by atoms with E-state index in [4.69, 9.17) is 14.9 Å². The van der Waals surface area contributed by atoms with Crippen molar-refractivity contribution in [2.45, 2.75) is 25.0 Å². The van der Waals surface area contributed by atoms with Crippen molar-refractivity contribution in [3.63, 3.8) is 0 Å². The van der Waals surface area contributed by atoms with Crippen LogP contribution in [0.25, 0.3) is 0 Å². The van der Waals surface area contributed by atoms with Gasteiger partial charge in [0.1, 0.15) is 12.7 Å². The Bertz CT molecular complexity index is 166. The van der Waals surface area contributed by atoms with Crippen LogP contribution in [0.1, 0.15) is 12.8 Å². The summed E-state index contributed by atoms with van der Waals surface area (Å²) in [5.41, 5.74) is 0. The van der Waals surface area contributed by atoms with Crippen molar-refractivity contribution in [1.82, 2.24) is 0 Å². The van der Waals surface area contributed by atoms with E-state index in [0.29, 0.717) is 12.8 Å². The van der Waals surface area contributed by atoms with Crippen LogP contribution >= 0.6 is 0 Å². The minimum atomic E-state index is -0.971. The molecule has 5 nitrogen and oxygen atoms in total. The van der Waals surface area contributed by atoms with E-state index < -0.39 is 6.10 Å². The molecule has 0 aromatic rings. The van der Waals surface area contributed by atoms with E-state index in [2.05, 4.69) is 4.74 Å². The molecule has 5 heteroatoms. The van der Waals surface area contributed by atoms with Gasteiger partial charge in [-0.05, 0) is 6.42 Å². The maximum atomic E-state index is 10.9. The van der Waals surface area contributed by atoms with Crippen LogP contribution in [0.15, 0.2) is 0 Å². The highest BCUT2D eigenvalue weighted by atomic mass is 16.6. The molecule has 2 unspecified atom stereocenters. The number of rotatable bonds is 6. The first-order valence-corrected chi connectivity index (χ1v) is 4.28. The van der Waals surface area contributed by atoms with E-state index in [9.17, 15) is 4.79 Å². The molecule has 0 spiro atoms. The molecule has 0 bridgehead atoms. The first kappa shape index (κ1) is 10.4. The fourth-order valence-corrected chi connectivity index (χ4v) is 0.828. The largest absolute Gasteiger partial charge is 0.463 e. The van der Waals surface area contributed by atoms with Crippen LogP contribution in [0, 0.1) is 0 Å². The molecule has 0 saturated carbocycles. The molecule has 0 aromatic carbocycles. The number of esters is 1. The van der Waals surface area contributed by atoms with E-state index in [1.165, 1.54) is 0 Å². The van der Waals surface area contributed by atoms with Gasteiger partial charge in [0.05, 0.1) is 19.3 Å². The molecular weight excluding hydrogens is 176 g/mol. The first-order chi connectivity index (χ1) is 6.22. The van der Waals surface area contributed by atoms with Gasteiger partial charge in [0.2, 0.25) is 0 Å². The highest BCUT2D eigenvalue weighted by Gasteiger charge is 2.23. The topological polar surface area (TPSA) is 79.3 Å². The zero-order valence-electron chi connectivity index (χ0n) is 7.31. The molecule has 1 heterocycles. The smallest absolute Gasteiger partial charge is 0.305 e. The summed E-state index contributed by atoms with van der Waals surface area (Å²) in [6, 6.07) is 0. The maximum absolute atomic E-state index is 10.9. The number of ether oxygens (including phenoxy) is 2. The van der Waals surface area contributed by atoms with E-state index in [1.807, 2.05) is 0 Å². The van der Waals surface area contributed by atoms with Crippen LogP contribution in [0.4, 0.5) is 0 Å². The van der Waals surface area contributed by atoms with Crippen LogP contribution < -0.4 is 0 Å². The molecule has 76 valence electrons. The Labute approximate surface area is 76.3 Å². The van der Waals surface area contributed by atoms with Gasteiger partial charge in [-0.1, -0.05) is 0 Å². The molecule has 1 rings (SSSR count). The monoisotopic (exact) mass is 190 g/mol. The zero-order valence-corrected chi connectivity index (χ0v) is 7.31. The summed E-state index contributed by atoms with van der Waals surface area (Å²) in [4.78, 5) is 10.9. The number of hydrogen-bond donors (Lipinski definition) is 2. The summed E-state index contributed by atoms with van der Waals surface area (Å²) in [5, 5.41) is 17.3. The molecular formula is C8H14O5. The van der Waals surface area contributed by atoms with Crippen LogP contribution in [-0.2, 0) is 14.3 Å². The normalized spacial score (nSPS) is 22.5. The molecule has 0 aromatic heterocycles. The van der Waals surface area contributed by atoms with Gasteiger partial charge in [0.25, 0.3) is 0 Å². The molecule has 1 saturated heterocycles. The Morgan fingerprint density at radius 3 is 2.92 bits per heavy atom. The van der Waals surface area contributed by atoms with Gasteiger partial charge in [-0.15, -0.1) is 0 Å². The van der Waals surface area contributed by atoms with Gasteiger partial charge in [0.15, 0.2) is 0 Å². The molecule has 13 heavy (non-hydrogen) atoms. The zero-order chi connectivity index (χ0) is 9.68. The van der Waals surface area contributed by atoms with Crippen LogP contribution in [-0.4, -0.2) is 48.2 Å². The third kappa shape index (κ3) is 4.82. The fraction of sp³-hybridized carbons (Fsp3) is 0.875. The summed E-state index contributed by atoms with van der Waals surface area (Å²) in [7, 11) is 0. The predicted molar refractivity (Wildman–Crippen MR) is 43.0 cm³/mol. The average Bonchev–Trinajstić information content (AvgIpc) is 2.94. The van der Waals surface area contributed by atoms with Crippen LogP contribution in [0.5, 0.6) is 0 Å². The minimum Gasteiger partial charge on any atom is -0.463 e. The molecule has 0 amide bonds. The van der Waals surface area contributed by atoms with Gasteiger partial charge in [-0.3, -0.25) is 4.79 Å². The van der Waals surface area contributed by atoms with E-state index >= 15 is 0 Å². The molecule has 1 aliphatic heterocycles. The average molecular weight is 190 g/mol. The van der Waals surface area contributed by atoms with Gasteiger partial charge < -0.3 is 19.7 Å². The molecule has 0 aliphatic carbocycles. The third-order valence-electron chi connectivity index (χ3n) is 1.72. The quantitative estimate of drug-likeness (QED) is 0.417. The molecule has 2 atom stereocenters. The minimum absolute atomic E-state index is 0.138. The Balaban J connectivity index is 1.96. The van der Waals surface area contributed by atoms with Crippen molar-refractivity contribution in [3.8, 4) is 0 Å². The number of hydrogen-bond acceptors (Lipinski definition) is 5. The van der Waals surface area contributed by atoms with Crippen LogP contribution in [0.3, 0.4) is 0 Å². The van der Waals surface area contributed by atoms with Crippen molar-refractivity contribution in [2.75, 3.05) is 19.8 Å². The number of aliphatic hydroxyl groups excluding tert-OH is 2. The Kier molecular flexibility index (Phi) is 4.14. The Morgan fingerprint density at radius 2 is 2.38 bits per heavy atom. The van der Waals surface area contributed by atoms with Gasteiger partial charge in [-0.25, -0.2) is 0 Å². The molecule has 1 aliphatic rings. The number of aliphatic hydroxyl groups is 2. The SMILES string of the molecule is O=C(CCC1CO1)OCC(O)CO. The van der Waals surface area contributed by atoms with Crippen molar-refractivity contribution >= 4 is 5.97 Å². The van der Waals surface area contributed by atoms with Crippen LogP contribution in [0.2, 0.25) is 0 Å². The van der Waals surface area contributed by atoms with E-state index in [1.54, 1.807) is 0 Å². The second-order valence-corrected chi connectivity index (χ2v) is 3.01. The first-order valence-electron chi connectivity index (χ1n) is 4.28. The summed E-state index contributed by atoms with van der Waals surface area (Å²) in [5.74, 6) is -0.358.